The predicted molar refractivity (Wildman–Crippen MR) is 113 cm³/mol. The Kier molecular flexibility index (Phi) is 18.7. The van der Waals surface area contributed by atoms with Crippen molar-refractivity contribution < 1.29 is 36.3 Å². The number of hydrogen-bond donors (Lipinski definition) is 0. The fourth-order valence-electron chi connectivity index (χ4n) is 1.46. The summed E-state index contributed by atoms with van der Waals surface area (Å²) < 4.78 is 56.3. The minimum absolute atomic E-state index is 0.0186. The molecule has 0 radical (unpaired) electrons. The Hall–Kier alpha value is 1.96. The molecule has 8 nitrogen and oxygen atoms in total. The Morgan fingerprint density at radius 1 is 0.607 bits per heavy atom. The van der Waals surface area contributed by atoms with Gasteiger partial charge in [-0.15, -0.1) is 69.6 Å². The molecule has 0 saturated heterocycles. The van der Waals surface area contributed by atoms with Crippen molar-refractivity contribution in [2.75, 3.05) is 49.9 Å². The highest BCUT2D eigenvalue weighted by Gasteiger charge is 2.37. The van der Waals surface area contributed by atoms with Crippen LogP contribution in [-0.4, -0.2) is 61.1 Å². The molecule has 0 N–H and O–H groups in total. The number of hydrogen-bond acceptors (Lipinski definition) is 8. The summed E-state index contributed by atoms with van der Waals surface area (Å²) in [5, 5.41) is 0. The number of rotatable bonds is 19. The van der Waals surface area contributed by atoms with Crippen LogP contribution in [0, 0.1) is 0 Å². The van der Waals surface area contributed by atoms with E-state index in [1.165, 1.54) is 0 Å². The van der Waals surface area contributed by atoms with Gasteiger partial charge in [0.2, 0.25) is 0 Å². The lowest BCUT2D eigenvalue weighted by Crippen LogP contribution is -2.20. The summed E-state index contributed by atoms with van der Waals surface area (Å²) >= 11 is 33.6. The van der Waals surface area contributed by atoms with Gasteiger partial charge in [0.05, 0.1) is 26.4 Å². The first-order chi connectivity index (χ1) is 13.2. The first kappa shape index (κ1) is 30.0. The van der Waals surface area contributed by atoms with E-state index >= 15 is 0 Å². The van der Waals surface area contributed by atoms with Gasteiger partial charge >= 0.3 is 15.6 Å². The predicted octanol–water partition coefficient (Wildman–Crippen LogP) is 6.17. The molecular formula is C12H22Cl6O8P2. The zero-order valence-corrected chi connectivity index (χ0v) is 21.0. The average molecular weight is 569 g/mol. The van der Waals surface area contributed by atoms with E-state index in [2.05, 4.69) is 0 Å². The maximum atomic E-state index is 12.8. The highest BCUT2D eigenvalue weighted by atomic mass is 35.5. The van der Waals surface area contributed by atoms with Crippen LogP contribution in [-0.2, 0) is 36.3 Å². The van der Waals surface area contributed by atoms with Crippen LogP contribution in [0.2, 0.25) is 0 Å². The summed E-state index contributed by atoms with van der Waals surface area (Å²) in [5.74, 6) is 0.0742. The molecule has 0 heterocycles. The molecule has 28 heavy (non-hydrogen) atoms. The van der Waals surface area contributed by atoms with Gasteiger partial charge in [-0.1, -0.05) is 0 Å². The summed E-state index contributed by atoms with van der Waals surface area (Å²) in [4.78, 5) is -0.798. The highest BCUT2D eigenvalue weighted by molar-refractivity contribution is 7.49. The molecule has 0 aliphatic rings. The smallest absolute Gasteiger partial charge is 0.286 e. The van der Waals surface area contributed by atoms with Crippen LogP contribution in [0.1, 0.15) is 12.8 Å². The van der Waals surface area contributed by atoms with Crippen LogP contribution in [0.4, 0.5) is 0 Å². The van der Waals surface area contributed by atoms with E-state index in [1.54, 1.807) is 0 Å². The monoisotopic (exact) mass is 566 g/mol. The molecule has 0 aliphatic carbocycles. The Labute approximate surface area is 194 Å². The Bertz CT molecular complexity index is 429. The van der Waals surface area contributed by atoms with Crippen molar-refractivity contribution in [1.82, 2.24) is 0 Å². The molecule has 0 fully saturated rings. The van der Waals surface area contributed by atoms with Gasteiger partial charge < -0.3 is 0 Å². The Morgan fingerprint density at radius 2 is 0.929 bits per heavy atom. The Morgan fingerprint density at radius 3 is 1.18 bits per heavy atom. The largest absolute Gasteiger partial charge is 0.477 e. The standard InChI is InChI=1S/C12H22Cl6O8P2/c13-3-7-21-27(19,22-8-4-14)25-12(2-1-11(17)18)26-28(20,23-9-5-15)24-10-6-16/h11-12H,1-10H2. The van der Waals surface area contributed by atoms with Gasteiger partial charge in [0, 0.05) is 29.9 Å². The van der Waals surface area contributed by atoms with Crippen molar-refractivity contribution in [2.45, 2.75) is 24.0 Å². The van der Waals surface area contributed by atoms with Crippen molar-refractivity contribution in [3.8, 4) is 0 Å². The molecule has 0 spiro atoms. The minimum Gasteiger partial charge on any atom is -0.286 e. The number of phosphoric ester groups is 2. The van der Waals surface area contributed by atoms with E-state index in [9.17, 15) is 9.13 Å². The molecule has 0 rings (SSSR count). The molecule has 0 aliphatic heterocycles. The van der Waals surface area contributed by atoms with Crippen LogP contribution in [0.15, 0.2) is 0 Å². The van der Waals surface area contributed by atoms with Gasteiger partial charge in [-0.2, -0.15) is 0 Å². The fourth-order valence-corrected chi connectivity index (χ4v) is 5.04. The summed E-state index contributed by atoms with van der Waals surface area (Å²) in [6.07, 6.45) is -1.36. The number of alkyl halides is 6. The van der Waals surface area contributed by atoms with E-state index in [-0.39, 0.29) is 62.8 Å². The summed E-state index contributed by atoms with van der Waals surface area (Å²) in [6, 6.07) is 0. The van der Waals surface area contributed by atoms with Gasteiger partial charge in [0.15, 0.2) is 6.29 Å². The topological polar surface area (TPSA) is 89.5 Å². The van der Waals surface area contributed by atoms with E-state index in [1.807, 2.05) is 0 Å². The summed E-state index contributed by atoms with van der Waals surface area (Å²) in [7, 11) is -8.34. The average Bonchev–Trinajstić information content (AvgIpc) is 2.66. The minimum atomic E-state index is -4.17. The molecule has 0 atom stereocenters. The van der Waals surface area contributed by atoms with E-state index in [0.717, 1.165) is 0 Å². The molecule has 0 aromatic heterocycles. The SMILES string of the molecule is O=P(OCCCl)(OCCCl)OC(CCC(Cl)Cl)OP(=O)(OCCCl)OCCCl. The number of phosphoric acid groups is 2. The normalized spacial score (nSPS) is 13.0. The Balaban J connectivity index is 5.37. The van der Waals surface area contributed by atoms with Gasteiger partial charge in [0.1, 0.15) is 4.84 Å². The summed E-state index contributed by atoms with van der Waals surface area (Å²) in [5.41, 5.74) is 0. The van der Waals surface area contributed by atoms with Gasteiger partial charge in [-0.25, -0.2) is 9.13 Å². The van der Waals surface area contributed by atoms with Crippen molar-refractivity contribution in [2.24, 2.45) is 0 Å². The molecule has 0 amide bonds. The highest BCUT2D eigenvalue weighted by Crippen LogP contribution is 2.56. The second-order valence-corrected chi connectivity index (χ2v) is 10.6. The third kappa shape index (κ3) is 14.9. The molecular weight excluding hydrogens is 547 g/mol. The second kappa shape index (κ2) is 17.5. The lowest BCUT2D eigenvalue weighted by Gasteiger charge is -2.26. The molecule has 170 valence electrons. The lowest BCUT2D eigenvalue weighted by atomic mass is 10.3. The van der Waals surface area contributed by atoms with Crippen LogP contribution in [0.3, 0.4) is 0 Å². The van der Waals surface area contributed by atoms with Gasteiger partial charge in [0.25, 0.3) is 0 Å². The molecule has 16 heteroatoms. The van der Waals surface area contributed by atoms with E-state index in [4.69, 9.17) is 96.7 Å². The second-order valence-electron chi connectivity index (χ2n) is 4.59. The zero-order chi connectivity index (χ0) is 21.5. The van der Waals surface area contributed by atoms with Crippen molar-refractivity contribution >= 4 is 85.3 Å². The molecule has 0 saturated carbocycles. The van der Waals surface area contributed by atoms with Crippen molar-refractivity contribution in [3.05, 3.63) is 0 Å². The maximum absolute atomic E-state index is 12.8. The van der Waals surface area contributed by atoms with Crippen LogP contribution < -0.4 is 0 Å². The maximum Gasteiger partial charge on any atom is 0.477 e. The van der Waals surface area contributed by atoms with Crippen LogP contribution in [0.25, 0.3) is 0 Å². The lowest BCUT2D eigenvalue weighted by molar-refractivity contribution is -0.0566. The summed E-state index contributed by atoms with van der Waals surface area (Å²) in [6.45, 7) is -0.593. The third-order valence-corrected chi connectivity index (χ3v) is 6.46. The van der Waals surface area contributed by atoms with Gasteiger partial charge in [-0.3, -0.25) is 27.1 Å². The quantitative estimate of drug-likeness (QED) is 0.104. The van der Waals surface area contributed by atoms with Crippen LogP contribution >= 0.6 is 85.3 Å². The zero-order valence-electron chi connectivity index (χ0n) is 14.7. The van der Waals surface area contributed by atoms with Crippen molar-refractivity contribution in [3.63, 3.8) is 0 Å². The molecule has 0 unspecified atom stereocenters. The number of halogens is 6. The first-order valence-electron chi connectivity index (χ1n) is 7.91. The van der Waals surface area contributed by atoms with E-state index in [0.29, 0.717) is 0 Å². The van der Waals surface area contributed by atoms with Crippen molar-refractivity contribution in [1.29, 1.82) is 0 Å². The van der Waals surface area contributed by atoms with Gasteiger partial charge in [-0.05, 0) is 6.42 Å². The first-order valence-corrected chi connectivity index (χ1v) is 13.8. The molecule has 0 aromatic rings. The van der Waals surface area contributed by atoms with E-state index < -0.39 is 26.8 Å². The molecule has 0 aromatic carbocycles. The molecule has 0 bridgehead atoms. The van der Waals surface area contributed by atoms with Crippen LogP contribution in [0.5, 0.6) is 0 Å². The third-order valence-electron chi connectivity index (χ3n) is 2.42. The fraction of sp³-hybridized carbons (Fsp3) is 1.00.